The topological polar surface area (TPSA) is 71.7 Å². The molecule has 5 heteroatoms. The van der Waals surface area contributed by atoms with Crippen molar-refractivity contribution in [1.29, 1.82) is 5.26 Å². The van der Waals surface area contributed by atoms with Crippen LogP contribution in [0, 0.1) is 11.3 Å². The zero-order valence-corrected chi connectivity index (χ0v) is 26.9. The van der Waals surface area contributed by atoms with Crippen LogP contribution in [0.2, 0.25) is 0 Å². The van der Waals surface area contributed by atoms with Gasteiger partial charge >= 0.3 is 0 Å². The lowest BCUT2D eigenvalue weighted by Crippen LogP contribution is -2.34. The summed E-state index contributed by atoms with van der Waals surface area (Å²) in [7, 11) is 0. The average molecular weight is 641 g/mol. The van der Waals surface area contributed by atoms with Gasteiger partial charge in [-0.3, -0.25) is 0 Å². The van der Waals surface area contributed by atoms with Crippen LogP contribution in [0.4, 0.5) is 0 Å². The minimum absolute atomic E-state index is 0.494. The summed E-state index contributed by atoms with van der Waals surface area (Å²) in [5.74, 6) is 3.05. The molecule has 1 aliphatic heterocycles. The van der Waals surface area contributed by atoms with Crippen LogP contribution in [0.5, 0.6) is 11.5 Å². The van der Waals surface area contributed by atoms with Gasteiger partial charge in [-0.1, -0.05) is 140 Å². The summed E-state index contributed by atoms with van der Waals surface area (Å²) in [6.07, 6.45) is 0. The highest BCUT2D eigenvalue weighted by Crippen LogP contribution is 2.58. The second-order valence-corrected chi connectivity index (χ2v) is 12.3. The van der Waals surface area contributed by atoms with E-state index in [0.29, 0.717) is 28.8 Å². The first-order valence-corrected chi connectivity index (χ1v) is 16.5. The highest BCUT2D eigenvalue weighted by Gasteiger charge is 2.46. The summed E-state index contributed by atoms with van der Waals surface area (Å²) in [5.41, 5.74) is 6.59. The number of benzene rings is 7. The minimum Gasteiger partial charge on any atom is -0.455 e. The number of nitriles is 1. The molecule has 0 aliphatic carbocycles. The number of ether oxygens (including phenoxy) is 1. The molecular formula is C45H28N4O. The Bertz CT molecular complexity index is 2520. The summed E-state index contributed by atoms with van der Waals surface area (Å²) in [6, 6.07) is 59.8. The van der Waals surface area contributed by atoms with Crippen LogP contribution in [0.1, 0.15) is 27.8 Å². The second kappa shape index (κ2) is 12.0. The van der Waals surface area contributed by atoms with E-state index < -0.39 is 5.41 Å². The molecule has 0 fully saturated rings. The van der Waals surface area contributed by atoms with Crippen molar-refractivity contribution < 1.29 is 4.74 Å². The normalized spacial score (nSPS) is 12.7. The Morgan fingerprint density at radius 2 is 1.02 bits per heavy atom. The molecule has 0 saturated carbocycles. The van der Waals surface area contributed by atoms with Crippen molar-refractivity contribution in [2.45, 2.75) is 5.41 Å². The molecule has 234 valence electrons. The van der Waals surface area contributed by atoms with E-state index in [-0.39, 0.29) is 0 Å². The second-order valence-electron chi connectivity index (χ2n) is 12.3. The van der Waals surface area contributed by atoms with Crippen LogP contribution in [-0.2, 0) is 5.41 Å². The molecule has 5 nitrogen and oxygen atoms in total. The van der Waals surface area contributed by atoms with E-state index in [2.05, 4.69) is 115 Å². The third-order valence-corrected chi connectivity index (χ3v) is 9.50. The number of nitrogens with zero attached hydrogens (tertiary/aromatic N) is 4. The summed E-state index contributed by atoms with van der Waals surface area (Å²) in [6.45, 7) is 0. The van der Waals surface area contributed by atoms with Gasteiger partial charge in [0.1, 0.15) is 11.5 Å². The van der Waals surface area contributed by atoms with E-state index in [0.717, 1.165) is 55.5 Å². The standard InChI is InChI=1S/C45H28N4O/c46-29-30-23-25-33(26-24-30)43-47-42(32-14-4-1-5-15-32)48-44(49-43)37-21-12-22-38-41(37)50-40-36-20-11-10-13-31(36)27-28-39(40)45(38,34-16-6-2-7-17-34)35-18-8-3-9-19-35/h1-28H. The van der Waals surface area contributed by atoms with E-state index >= 15 is 0 Å². The Balaban J connectivity index is 1.37. The Morgan fingerprint density at radius 3 is 1.68 bits per heavy atom. The molecule has 0 radical (unpaired) electrons. The Morgan fingerprint density at radius 1 is 0.460 bits per heavy atom. The highest BCUT2D eigenvalue weighted by molar-refractivity contribution is 5.93. The van der Waals surface area contributed by atoms with Gasteiger partial charge in [-0.15, -0.1) is 0 Å². The maximum absolute atomic E-state index is 9.43. The zero-order chi connectivity index (χ0) is 33.5. The summed E-state index contributed by atoms with van der Waals surface area (Å²) < 4.78 is 7.16. The van der Waals surface area contributed by atoms with Gasteiger partial charge in [0.2, 0.25) is 0 Å². The molecule has 1 aliphatic rings. The highest BCUT2D eigenvalue weighted by atomic mass is 16.5. The first-order valence-electron chi connectivity index (χ1n) is 16.5. The van der Waals surface area contributed by atoms with Crippen molar-refractivity contribution in [1.82, 2.24) is 15.0 Å². The van der Waals surface area contributed by atoms with Crippen LogP contribution in [0.25, 0.3) is 44.9 Å². The molecule has 7 aromatic carbocycles. The maximum atomic E-state index is 9.43. The van der Waals surface area contributed by atoms with Crippen LogP contribution in [-0.4, -0.2) is 15.0 Å². The van der Waals surface area contributed by atoms with Crippen molar-refractivity contribution >= 4 is 10.8 Å². The molecule has 0 amide bonds. The summed E-state index contributed by atoms with van der Waals surface area (Å²) in [5, 5.41) is 11.6. The van der Waals surface area contributed by atoms with Gasteiger partial charge in [-0.05, 0) is 46.8 Å². The van der Waals surface area contributed by atoms with Gasteiger partial charge in [0.05, 0.1) is 22.6 Å². The first-order chi connectivity index (χ1) is 24.7. The lowest BCUT2D eigenvalue weighted by atomic mass is 9.63. The van der Waals surface area contributed by atoms with Gasteiger partial charge in [0, 0.05) is 27.6 Å². The van der Waals surface area contributed by atoms with E-state index in [1.165, 1.54) is 0 Å². The lowest BCUT2D eigenvalue weighted by Gasteiger charge is -2.42. The molecule has 50 heavy (non-hydrogen) atoms. The number of aromatic nitrogens is 3. The fraction of sp³-hybridized carbons (Fsp3) is 0.0222. The average Bonchev–Trinajstić information content (AvgIpc) is 3.20. The van der Waals surface area contributed by atoms with E-state index in [1.54, 1.807) is 12.1 Å². The van der Waals surface area contributed by atoms with Crippen molar-refractivity contribution in [3.63, 3.8) is 0 Å². The monoisotopic (exact) mass is 640 g/mol. The van der Waals surface area contributed by atoms with Crippen LogP contribution < -0.4 is 4.74 Å². The maximum Gasteiger partial charge on any atom is 0.167 e. The van der Waals surface area contributed by atoms with Gasteiger partial charge in [-0.25, -0.2) is 15.0 Å². The summed E-state index contributed by atoms with van der Waals surface area (Å²) >= 11 is 0. The van der Waals surface area contributed by atoms with E-state index in [4.69, 9.17) is 19.7 Å². The Labute approximate surface area is 289 Å². The largest absolute Gasteiger partial charge is 0.455 e. The smallest absolute Gasteiger partial charge is 0.167 e. The third kappa shape index (κ3) is 4.66. The zero-order valence-electron chi connectivity index (χ0n) is 26.9. The van der Waals surface area contributed by atoms with Crippen molar-refractivity contribution in [2.24, 2.45) is 0 Å². The number of hydrogen-bond donors (Lipinski definition) is 0. The predicted octanol–water partition coefficient (Wildman–Crippen LogP) is 10.4. The van der Waals surface area contributed by atoms with Gasteiger partial charge < -0.3 is 4.74 Å². The molecular weight excluding hydrogens is 613 g/mol. The molecule has 0 N–H and O–H groups in total. The van der Waals surface area contributed by atoms with Gasteiger partial charge in [0.15, 0.2) is 17.5 Å². The van der Waals surface area contributed by atoms with Crippen molar-refractivity contribution in [3.05, 3.63) is 198 Å². The van der Waals surface area contributed by atoms with Crippen molar-refractivity contribution in [3.8, 4) is 51.7 Å². The van der Waals surface area contributed by atoms with Crippen LogP contribution in [0.3, 0.4) is 0 Å². The number of rotatable bonds is 5. The number of hydrogen-bond acceptors (Lipinski definition) is 5. The van der Waals surface area contributed by atoms with Crippen molar-refractivity contribution in [2.75, 3.05) is 0 Å². The Kier molecular flexibility index (Phi) is 7.00. The predicted molar refractivity (Wildman–Crippen MR) is 197 cm³/mol. The van der Waals surface area contributed by atoms with E-state index in [9.17, 15) is 5.26 Å². The molecule has 0 bridgehead atoms. The molecule has 9 rings (SSSR count). The Hall–Kier alpha value is -6.90. The fourth-order valence-electron chi connectivity index (χ4n) is 7.21. The summed E-state index contributed by atoms with van der Waals surface area (Å²) in [4.78, 5) is 15.1. The molecule has 0 spiro atoms. The minimum atomic E-state index is -0.712. The molecule has 0 atom stereocenters. The fourth-order valence-corrected chi connectivity index (χ4v) is 7.21. The van der Waals surface area contributed by atoms with E-state index in [1.807, 2.05) is 48.5 Å². The first kappa shape index (κ1) is 29.3. The van der Waals surface area contributed by atoms with Crippen LogP contribution in [0.15, 0.2) is 170 Å². The van der Waals surface area contributed by atoms with Gasteiger partial charge in [0.25, 0.3) is 0 Å². The quantitative estimate of drug-likeness (QED) is 0.187. The molecule has 8 aromatic rings. The number of para-hydroxylation sites is 1. The molecule has 1 aromatic heterocycles. The molecule has 0 unspecified atom stereocenters. The third-order valence-electron chi connectivity index (χ3n) is 9.50. The van der Waals surface area contributed by atoms with Crippen LogP contribution >= 0.6 is 0 Å². The molecule has 2 heterocycles. The lowest BCUT2D eigenvalue weighted by molar-refractivity contribution is 0.441. The molecule has 0 saturated heterocycles. The number of fused-ring (bicyclic) bond motifs is 4. The van der Waals surface area contributed by atoms with Gasteiger partial charge in [-0.2, -0.15) is 5.26 Å². The SMILES string of the molecule is N#Cc1ccc(-c2nc(-c3ccccc3)nc(-c3cccc4c3Oc3c(ccc5ccccc35)C4(c3ccccc3)c3ccccc3)n2)cc1.